The van der Waals surface area contributed by atoms with Gasteiger partial charge < -0.3 is 5.11 Å². The number of para-hydroxylation sites is 3. The molecule has 0 radical (unpaired) electrons. The van der Waals surface area contributed by atoms with Crippen LogP contribution in [0.2, 0.25) is 34.5 Å². The van der Waals surface area contributed by atoms with E-state index >= 15 is 0 Å². The Hall–Kier alpha value is -10.2. The van der Waals surface area contributed by atoms with Gasteiger partial charge in [-0.05, 0) is 83.2 Å². The summed E-state index contributed by atoms with van der Waals surface area (Å²) in [5, 5.41) is 27.4. The zero-order valence-corrected chi connectivity index (χ0v) is 60.8. The molecule has 0 aliphatic heterocycles. The van der Waals surface area contributed by atoms with Crippen molar-refractivity contribution in [1.29, 1.82) is 0 Å². The molecule has 16 aromatic carbocycles. The van der Waals surface area contributed by atoms with Crippen molar-refractivity contribution < 1.29 is 24.0 Å². The number of benzene rings is 16. The van der Waals surface area contributed by atoms with E-state index in [1.165, 1.54) is 136 Å². The fraction of sp³-hybridized carbons (Fsp3) is 0.0659. The van der Waals surface area contributed by atoms with Gasteiger partial charge in [-0.1, -0.05) is 170 Å². The Labute approximate surface area is 592 Å². The standard InChI is InChI=1S/C46H44Ge2N2.C36H24.C9H7NO.Li/c1-47(2,3)35-21-25-39(26-22-35)49(37-13-9-7-10-14-37)43-31-19-33-18-30-42-44(32-20-34-17-29-41(43)45(33)46(34)42)50(38-15-11-8-12-16-38)40-27-23-36(24-28-40)48(4,5)6;1-2-11-27(12-3-1)35-31-14-6-8-16-33(31)36(34-17-9-7-15-32(34)35)28-21-18-26(19-22-28)30-23-20-25-10-4-5-13-29(25)24-30;11-8-5-1-3-7-4-2-6-10-9(7)8;/h7-32H,1-6H3;1-24H;1-6,11H;/q;;;+1/p-1. The summed E-state index contributed by atoms with van der Waals surface area (Å²) in [6, 6.07) is 120. The van der Waals surface area contributed by atoms with Gasteiger partial charge in [0.25, 0.3) is 0 Å². The summed E-state index contributed by atoms with van der Waals surface area (Å²) in [6.07, 6.45) is 1.63. The van der Waals surface area contributed by atoms with Gasteiger partial charge in [0, 0.05) is 6.20 Å². The number of rotatable bonds is 11. The molecule has 1 aromatic heterocycles. The number of anilines is 6. The Morgan fingerprint density at radius 2 is 0.643 bits per heavy atom. The van der Waals surface area contributed by atoms with Crippen LogP contribution in [0, 0.1) is 0 Å². The Morgan fingerprint density at radius 3 is 1.11 bits per heavy atom. The van der Waals surface area contributed by atoms with E-state index in [4.69, 9.17) is 0 Å². The molecule has 0 N–H and O–H groups in total. The van der Waals surface area contributed by atoms with Gasteiger partial charge in [0.15, 0.2) is 0 Å². The van der Waals surface area contributed by atoms with E-state index in [2.05, 4.69) is 353 Å². The van der Waals surface area contributed by atoms with Crippen LogP contribution < -0.4 is 42.6 Å². The monoisotopic (exact) mass is 1380 g/mol. The van der Waals surface area contributed by atoms with Crippen molar-refractivity contribution in [1.82, 2.24) is 4.98 Å². The van der Waals surface area contributed by atoms with Crippen LogP contribution in [-0.2, 0) is 0 Å². The van der Waals surface area contributed by atoms with Gasteiger partial charge in [0.2, 0.25) is 0 Å². The Bertz CT molecular complexity index is 5420. The maximum atomic E-state index is 11.1. The Balaban J connectivity index is 0.000000148. The molecule has 7 heteroatoms. The SMILES string of the molecule is [CH3][Ge]([CH3])([CH3])[c]1ccc(N(c2ccccc2)c2ccc3ccc4c(N(c5ccccc5)c5cc[c]([Ge]([CH3])([CH3])[CH3])cc5)ccc5ccc2c3c54)cc1.[Li+].[O-]c1cccc2cccnc12.c1ccc(-c2c3ccccc3c(-c3ccc(-c4ccc5ccccc5c4)cc3)c3ccccc23)cc1. The summed E-state index contributed by atoms with van der Waals surface area (Å²) >= 11 is -3.93. The zero-order valence-electron chi connectivity index (χ0n) is 56.6. The van der Waals surface area contributed by atoms with E-state index in [0.717, 1.165) is 16.8 Å². The minimum absolute atomic E-state index is 0. The first-order chi connectivity index (χ1) is 47.3. The summed E-state index contributed by atoms with van der Waals surface area (Å²) in [6.45, 7) is 0. The summed E-state index contributed by atoms with van der Waals surface area (Å²) in [7, 11) is 0. The summed E-state index contributed by atoms with van der Waals surface area (Å²) in [4.78, 5) is 8.84. The first-order valence-corrected chi connectivity index (χ1v) is 48.2. The third-order valence-corrected chi connectivity index (χ3v) is 27.6. The average molecular weight is 1380 g/mol. The molecule has 0 spiro atoms. The minimum Gasteiger partial charge on any atom is -0.871 e. The molecular weight excluding hydrogens is 1300 g/mol. The molecule has 1 heterocycles. The van der Waals surface area contributed by atoms with Crippen molar-refractivity contribution in [2.45, 2.75) is 34.5 Å². The summed E-state index contributed by atoms with van der Waals surface area (Å²) in [5.41, 5.74) is 15.2. The number of nitrogens with zero attached hydrogens (tertiary/aromatic N) is 3. The van der Waals surface area contributed by atoms with Crippen LogP contribution in [0.4, 0.5) is 34.1 Å². The third kappa shape index (κ3) is 12.9. The van der Waals surface area contributed by atoms with Crippen LogP contribution in [0.5, 0.6) is 5.75 Å². The molecule has 0 bridgehead atoms. The largest absolute Gasteiger partial charge is 1.00 e. The van der Waals surface area contributed by atoms with E-state index in [1.807, 2.05) is 18.2 Å². The van der Waals surface area contributed by atoms with Gasteiger partial charge >= 0.3 is 323 Å². The normalized spacial score (nSPS) is 11.5. The summed E-state index contributed by atoms with van der Waals surface area (Å²) in [5.74, 6) is 14.7. The van der Waals surface area contributed by atoms with Crippen LogP contribution >= 0.6 is 0 Å². The first-order valence-electron chi connectivity index (χ1n) is 33.5. The second kappa shape index (κ2) is 27.7. The predicted octanol–water partition coefficient (Wildman–Crippen LogP) is 21.1. The molecule has 17 rings (SSSR count). The van der Waals surface area contributed by atoms with Crippen LogP contribution in [0.1, 0.15) is 0 Å². The van der Waals surface area contributed by atoms with Crippen LogP contribution in [0.3, 0.4) is 0 Å². The van der Waals surface area contributed by atoms with E-state index in [0.29, 0.717) is 5.52 Å². The molecule has 0 atom stereocenters. The molecule has 0 aliphatic carbocycles. The number of hydrogen-bond acceptors (Lipinski definition) is 4. The molecule has 17 aromatic rings. The third-order valence-electron chi connectivity index (χ3n) is 19.0. The van der Waals surface area contributed by atoms with Gasteiger partial charge in [0.1, 0.15) is 0 Å². The van der Waals surface area contributed by atoms with Crippen LogP contribution in [-0.4, -0.2) is 31.5 Å². The molecule has 468 valence electrons. The van der Waals surface area contributed by atoms with E-state index in [1.54, 1.807) is 12.3 Å². The molecular formula is C91H74Ge2LiN3O. The fourth-order valence-corrected chi connectivity index (χ4v) is 18.9. The van der Waals surface area contributed by atoms with Crippen molar-refractivity contribution >= 4 is 145 Å². The van der Waals surface area contributed by atoms with E-state index in [9.17, 15) is 5.11 Å². The molecule has 0 fully saturated rings. The topological polar surface area (TPSA) is 42.4 Å². The molecule has 4 nitrogen and oxygen atoms in total. The quantitative estimate of drug-likeness (QED) is 0.0735. The number of aromatic nitrogens is 1. The van der Waals surface area contributed by atoms with E-state index in [-0.39, 0.29) is 24.6 Å². The molecule has 0 unspecified atom stereocenters. The first kappa shape index (κ1) is 65.1. The Kier molecular flexibility index (Phi) is 18.4. The van der Waals surface area contributed by atoms with Gasteiger partial charge in [-0.2, -0.15) is 0 Å². The van der Waals surface area contributed by atoms with Crippen molar-refractivity contribution in [3.05, 3.63) is 340 Å². The minimum atomic E-state index is -1.97. The zero-order chi connectivity index (χ0) is 66.2. The van der Waals surface area contributed by atoms with Crippen molar-refractivity contribution in [3.63, 3.8) is 0 Å². The molecule has 0 saturated carbocycles. The predicted molar refractivity (Wildman–Crippen MR) is 422 cm³/mol. The van der Waals surface area contributed by atoms with Crippen LogP contribution in [0.15, 0.2) is 340 Å². The smallest absolute Gasteiger partial charge is 0.871 e. The van der Waals surface area contributed by atoms with Crippen LogP contribution in [0.25, 0.3) is 109 Å². The average Bonchev–Trinajstić information content (AvgIpc) is 0.725. The number of hydrogen-bond donors (Lipinski definition) is 0. The van der Waals surface area contributed by atoms with Crippen molar-refractivity contribution in [2.24, 2.45) is 0 Å². The van der Waals surface area contributed by atoms with E-state index < -0.39 is 26.5 Å². The number of fused-ring (bicyclic) bond motifs is 4. The van der Waals surface area contributed by atoms with Crippen molar-refractivity contribution in [2.75, 3.05) is 9.80 Å². The van der Waals surface area contributed by atoms with Crippen molar-refractivity contribution in [3.8, 4) is 39.1 Å². The van der Waals surface area contributed by atoms with Gasteiger partial charge in [-0.15, -0.1) is 0 Å². The maximum absolute atomic E-state index is 11.1. The molecule has 0 amide bonds. The van der Waals surface area contributed by atoms with Gasteiger partial charge in [0.05, 0.1) is 5.52 Å². The molecule has 0 aliphatic rings. The fourth-order valence-electron chi connectivity index (χ4n) is 14.0. The van der Waals surface area contributed by atoms with Gasteiger partial charge in [-0.3, -0.25) is 4.98 Å². The molecule has 0 saturated heterocycles. The molecule has 98 heavy (non-hydrogen) atoms. The Morgan fingerprint density at radius 1 is 0.276 bits per heavy atom. The van der Waals surface area contributed by atoms with Gasteiger partial charge in [-0.25, -0.2) is 0 Å². The summed E-state index contributed by atoms with van der Waals surface area (Å²) < 4.78 is 3.03. The second-order valence-corrected chi connectivity index (χ2v) is 48.5. The number of pyridine rings is 1. The second-order valence-electron chi connectivity index (χ2n) is 27.2. The maximum Gasteiger partial charge on any atom is 1.00 e.